The Morgan fingerprint density at radius 1 is 0.978 bits per heavy atom. The Labute approximate surface area is 260 Å². The van der Waals surface area contributed by atoms with Crippen LogP contribution < -0.4 is 5.32 Å². The van der Waals surface area contributed by atoms with Gasteiger partial charge in [-0.2, -0.15) is 26.3 Å². The van der Waals surface area contributed by atoms with E-state index in [1.807, 2.05) is 0 Å². The zero-order chi connectivity index (χ0) is 34.3. The van der Waals surface area contributed by atoms with E-state index in [4.69, 9.17) is 13.9 Å². The number of carbonyl (C=O) groups excluding carboxylic acids is 2. The van der Waals surface area contributed by atoms with E-state index in [0.29, 0.717) is 11.6 Å². The molecule has 0 radical (unpaired) electrons. The first-order valence-corrected chi connectivity index (χ1v) is 13.9. The molecule has 0 unspecified atom stereocenters. The second-order valence-electron chi connectivity index (χ2n) is 11.0. The molecule has 3 rings (SSSR count). The van der Waals surface area contributed by atoms with Gasteiger partial charge < -0.3 is 13.9 Å². The molecule has 0 fully saturated rings. The van der Waals surface area contributed by atoms with E-state index in [1.165, 1.54) is 32.9 Å². The summed E-state index contributed by atoms with van der Waals surface area (Å²) >= 11 is 0. The van der Waals surface area contributed by atoms with Gasteiger partial charge in [-0.1, -0.05) is 42.5 Å². The maximum absolute atomic E-state index is 14.8. The molecule has 1 amide bonds. The molecular weight excluding hydrogens is 622 g/mol. The van der Waals surface area contributed by atoms with E-state index >= 15 is 0 Å². The summed E-state index contributed by atoms with van der Waals surface area (Å²) in [5, 5.41) is 9.31. The Morgan fingerprint density at radius 3 is 2.20 bits per heavy atom. The minimum absolute atomic E-state index is 0.00587. The number of amides is 1. The topological polar surface area (TPSA) is 116 Å². The molecule has 46 heavy (non-hydrogen) atoms. The lowest BCUT2D eigenvalue weighted by Gasteiger charge is -2.32. The van der Waals surface area contributed by atoms with Crippen molar-refractivity contribution in [2.24, 2.45) is 0 Å². The number of hydrogen-bond acceptors (Lipinski definition) is 8. The Balaban J connectivity index is 2.24. The second kappa shape index (κ2) is 14.3. The van der Waals surface area contributed by atoms with Gasteiger partial charge >= 0.3 is 18.4 Å². The highest BCUT2D eigenvalue weighted by Crippen LogP contribution is 2.47. The van der Waals surface area contributed by atoms with Gasteiger partial charge in [-0.15, -0.1) is 23.4 Å². The summed E-state index contributed by atoms with van der Waals surface area (Å²) in [6, 6.07) is 8.35. The van der Waals surface area contributed by atoms with Gasteiger partial charge in [0.05, 0.1) is 17.9 Å². The molecule has 3 aromatic rings. The number of halogens is 6. The van der Waals surface area contributed by atoms with Crippen LogP contribution in [-0.4, -0.2) is 38.8 Å². The summed E-state index contributed by atoms with van der Waals surface area (Å²) in [6.45, 7) is 10.9. The number of allylic oxidation sites excluding steroid dienone is 2. The number of ketones is 1. The van der Waals surface area contributed by atoms with Crippen LogP contribution in [-0.2, 0) is 27.9 Å². The van der Waals surface area contributed by atoms with Crippen LogP contribution in [0.4, 0.5) is 36.8 Å². The molecule has 0 saturated carbocycles. The fraction of sp³-hybridized carbons (Fsp3) is 0.387. The molecule has 0 aliphatic rings. The average Bonchev–Trinajstić information content (AvgIpc) is 3.44. The van der Waals surface area contributed by atoms with Gasteiger partial charge in [0, 0.05) is 6.42 Å². The number of aromatic nitrogens is 3. The van der Waals surface area contributed by atoms with E-state index in [9.17, 15) is 35.9 Å². The predicted octanol–water partition coefficient (Wildman–Crippen LogP) is 8.59. The monoisotopic (exact) mass is 654 g/mol. The van der Waals surface area contributed by atoms with Gasteiger partial charge in [0.1, 0.15) is 11.3 Å². The molecule has 1 atom stereocenters. The SMILES string of the molecule is C=CCCC(=O)c1nc(-c2nnc([C@@](CCC=C)(OCc3ccccc3)C(F)(F)F)o2)c(NC(=O)OC(C)(C)C)cc1C(F)(F)F. The number of alkyl halides is 6. The fourth-order valence-electron chi connectivity index (χ4n) is 4.12. The molecule has 1 aromatic carbocycles. The normalized spacial score (nSPS) is 13.5. The van der Waals surface area contributed by atoms with Crippen molar-refractivity contribution in [1.82, 2.24) is 15.2 Å². The number of anilines is 1. The number of Topliss-reactive ketones (excluding diaryl/α,β-unsaturated/α-hetero) is 1. The molecule has 0 aliphatic carbocycles. The molecule has 0 spiro atoms. The van der Waals surface area contributed by atoms with Gasteiger partial charge in [-0.25, -0.2) is 9.78 Å². The Bertz CT molecular complexity index is 1550. The highest BCUT2D eigenvalue weighted by atomic mass is 19.4. The molecule has 2 aromatic heterocycles. The fourth-order valence-corrected chi connectivity index (χ4v) is 4.12. The van der Waals surface area contributed by atoms with E-state index in [1.54, 1.807) is 30.3 Å². The van der Waals surface area contributed by atoms with Crippen molar-refractivity contribution < 1.29 is 49.8 Å². The summed E-state index contributed by atoms with van der Waals surface area (Å²) in [5.74, 6) is -2.97. The number of benzene rings is 1. The molecule has 0 saturated heterocycles. The van der Waals surface area contributed by atoms with Crippen molar-refractivity contribution in [3.63, 3.8) is 0 Å². The maximum Gasteiger partial charge on any atom is 0.426 e. The number of nitrogens with one attached hydrogen (secondary N) is 1. The summed E-state index contributed by atoms with van der Waals surface area (Å²) in [7, 11) is 0. The molecule has 9 nitrogen and oxygen atoms in total. The third-order valence-electron chi connectivity index (χ3n) is 6.26. The van der Waals surface area contributed by atoms with E-state index in [2.05, 4.69) is 33.7 Å². The Kier molecular flexibility index (Phi) is 11.2. The van der Waals surface area contributed by atoms with Crippen molar-refractivity contribution in [3.8, 4) is 11.6 Å². The first kappa shape index (κ1) is 35.9. The van der Waals surface area contributed by atoms with Crippen LogP contribution in [0.1, 0.15) is 74.0 Å². The van der Waals surface area contributed by atoms with Crippen LogP contribution in [0.3, 0.4) is 0 Å². The zero-order valence-electron chi connectivity index (χ0n) is 25.2. The lowest BCUT2D eigenvalue weighted by atomic mass is 9.96. The Morgan fingerprint density at radius 2 is 1.63 bits per heavy atom. The largest absolute Gasteiger partial charge is 0.444 e. The van der Waals surface area contributed by atoms with Crippen LogP contribution in [0, 0.1) is 0 Å². The van der Waals surface area contributed by atoms with Gasteiger partial charge in [-0.05, 0) is 51.7 Å². The van der Waals surface area contributed by atoms with Crippen molar-refractivity contribution in [3.05, 3.63) is 84.4 Å². The molecule has 0 bridgehead atoms. The standard InChI is InChI=1S/C31H32F6N4O5/c1-6-8-15-22(42)23-20(30(32,33)34)17-21(38-27(43)46-28(3,4)5)24(39-23)25-40-41-26(45-25)29(16-9-7-2,31(35,36)37)44-18-19-13-11-10-12-14-19/h6-7,10-14,17H,1-2,8-9,15-16,18H2,3-5H3,(H,38,43)/t29-/m1/s1. The maximum atomic E-state index is 14.8. The quantitative estimate of drug-likeness (QED) is 0.111. The molecule has 1 N–H and O–H groups in total. The number of pyridine rings is 1. The third kappa shape index (κ3) is 8.80. The lowest BCUT2D eigenvalue weighted by molar-refractivity contribution is -0.299. The molecule has 0 aliphatic heterocycles. The number of nitrogens with zero attached hydrogens (tertiary/aromatic N) is 3. The van der Waals surface area contributed by atoms with Crippen molar-refractivity contribution >= 4 is 17.6 Å². The Hall–Kier alpha value is -4.53. The van der Waals surface area contributed by atoms with Gasteiger partial charge in [0.2, 0.25) is 5.60 Å². The number of carbonyl (C=O) groups is 2. The lowest BCUT2D eigenvalue weighted by Crippen LogP contribution is -2.45. The van der Waals surface area contributed by atoms with Crippen LogP contribution in [0.5, 0.6) is 0 Å². The highest BCUT2D eigenvalue weighted by Gasteiger charge is 2.61. The van der Waals surface area contributed by atoms with Gasteiger partial charge in [-0.3, -0.25) is 10.1 Å². The van der Waals surface area contributed by atoms with Crippen molar-refractivity contribution in [2.45, 2.75) is 76.6 Å². The number of hydrogen-bond donors (Lipinski definition) is 1. The highest BCUT2D eigenvalue weighted by molar-refractivity contribution is 5.98. The molecule has 248 valence electrons. The first-order valence-electron chi connectivity index (χ1n) is 13.9. The van der Waals surface area contributed by atoms with Crippen LogP contribution in [0.15, 0.2) is 66.1 Å². The molecule has 15 heteroatoms. The number of ether oxygens (including phenoxy) is 2. The molecular formula is C31H32F6N4O5. The predicted molar refractivity (Wildman–Crippen MR) is 155 cm³/mol. The van der Waals surface area contributed by atoms with E-state index < -0.39 is 89.3 Å². The van der Waals surface area contributed by atoms with E-state index in [-0.39, 0.29) is 12.8 Å². The minimum atomic E-state index is -5.13. The third-order valence-corrected chi connectivity index (χ3v) is 6.26. The van der Waals surface area contributed by atoms with E-state index in [0.717, 1.165) is 0 Å². The zero-order valence-corrected chi connectivity index (χ0v) is 25.2. The summed E-state index contributed by atoms with van der Waals surface area (Å²) < 4.78 is 103. The molecule has 2 heterocycles. The summed E-state index contributed by atoms with van der Waals surface area (Å²) in [5.41, 5.74) is -7.89. The minimum Gasteiger partial charge on any atom is -0.444 e. The van der Waals surface area contributed by atoms with Gasteiger partial charge in [0.25, 0.3) is 11.8 Å². The van der Waals surface area contributed by atoms with Gasteiger partial charge in [0.15, 0.2) is 11.5 Å². The van der Waals surface area contributed by atoms with Crippen molar-refractivity contribution in [2.75, 3.05) is 5.32 Å². The van der Waals surface area contributed by atoms with Crippen LogP contribution in [0.25, 0.3) is 11.6 Å². The average molecular weight is 655 g/mol. The second-order valence-corrected chi connectivity index (χ2v) is 11.0. The van der Waals surface area contributed by atoms with Crippen LogP contribution >= 0.6 is 0 Å². The van der Waals surface area contributed by atoms with Crippen molar-refractivity contribution in [1.29, 1.82) is 0 Å². The summed E-state index contributed by atoms with van der Waals surface area (Å²) in [4.78, 5) is 29.3. The first-order chi connectivity index (χ1) is 21.4. The van der Waals surface area contributed by atoms with Crippen LogP contribution in [0.2, 0.25) is 0 Å². The number of rotatable bonds is 13. The summed E-state index contributed by atoms with van der Waals surface area (Å²) in [6.07, 6.45) is -10.3. The smallest absolute Gasteiger partial charge is 0.426 e.